The fraction of sp³-hybridized carbons (Fsp3) is 0.500. The third kappa shape index (κ3) is 3.14. The molecule has 0 aliphatic rings. The van der Waals surface area contributed by atoms with Crippen LogP contribution in [0.4, 0.5) is 0 Å². The van der Waals surface area contributed by atoms with Crippen molar-refractivity contribution in [3.63, 3.8) is 0 Å². The fourth-order valence-corrected chi connectivity index (χ4v) is 2.26. The van der Waals surface area contributed by atoms with Crippen molar-refractivity contribution in [2.24, 2.45) is 5.73 Å². The highest BCUT2D eigenvalue weighted by atomic mass is 32.2. The van der Waals surface area contributed by atoms with Crippen LogP contribution in [-0.4, -0.2) is 19.4 Å². The molecule has 15 heavy (non-hydrogen) atoms. The predicted octanol–water partition coefficient (Wildman–Crippen LogP) is 2.62. The molecule has 84 valence electrons. The third-order valence-corrected chi connectivity index (χ3v) is 3.22. The summed E-state index contributed by atoms with van der Waals surface area (Å²) in [5.74, 6) is 0.947. The van der Waals surface area contributed by atoms with Crippen molar-refractivity contribution in [3.05, 3.63) is 23.3 Å². The number of aryl methyl sites for hydroxylation is 1. The van der Waals surface area contributed by atoms with Crippen LogP contribution >= 0.6 is 11.8 Å². The Balaban J connectivity index is 3.10. The van der Waals surface area contributed by atoms with E-state index >= 15 is 0 Å². The molecule has 0 bridgehead atoms. The van der Waals surface area contributed by atoms with Crippen LogP contribution in [0.15, 0.2) is 17.0 Å². The Morgan fingerprint density at radius 3 is 2.60 bits per heavy atom. The largest absolute Gasteiger partial charge is 0.496 e. The molecule has 3 heteroatoms. The van der Waals surface area contributed by atoms with Crippen LogP contribution < -0.4 is 10.5 Å². The Labute approximate surface area is 96.2 Å². The first kappa shape index (κ1) is 12.4. The molecule has 0 radical (unpaired) electrons. The van der Waals surface area contributed by atoms with E-state index in [-0.39, 0.29) is 6.04 Å². The summed E-state index contributed by atoms with van der Waals surface area (Å²) in [6.07, 6.45) is 2.95. The molecule has 0 saturated carbocycles. The Bertz CT molecular complexity index is 337. The zero-order valence-corrected chi connectivity index (χ0v) is 10.6. The molecule has 2 nitrogen and oxygen atoms in total. The van der Waals surface area contributed by atoms with Crippen LogP contribution in [0.3, 0.4) is 0 Å². The van der Waals surface area contributed by atoms with Crippen molar-refractivity contribution >= 4 is 11.8 Å². The van der Waals surface area contributed by atoms with Crippen molar-refractivity contribution in [1.29, 1.82) is 0 Å². The minimum absolute atomic E-state index is 0.163. The number of hydrogen-bond donors (Lipinski definition) is 1. The molecule has 0 aromatic heterocycles. The molecule has 0 saturated heterocycles. The van der Waals surface area contributed by atoms with Gasteiger partial charge in [-0.25, -0.2) is 0 Å². The summed E-state index contributed by atoms with van der Waals surface area (Å²) >= 11 is 1.76. The van der Waals surface area contributed by atoms with Gasteiger partial charge < -0.3 is 10.5 Å². The lowest BCUT2D eigenvalue weighted by molar-refractivity contribution is 0.407. The van der Waals surface area contributed by atoms with Gasteiger partial charge in [-0.3, -0.25) is 0 Å². The number of benzene rings is 1. The third-order valence-electron chi connectivity index (χ3n) is 2.34. The SMILES string of the molecule is COc1cc(C)c(SC)cc1CC(C)N. The van der Waals surface area contributed by atoms with Gasteiger partial charge in [-0.2, -0.15) is 0 Å². The average molecular weight is 225 g/mol. The summed E-state index contributed by atoms with van der Waals surface area (Å²) < 4.78 is 5.36. The summed E-state index contributed by atoms with van der Waals surface area (Å²) in [7, 11) is 1.71. The number of rotatable bonds is 4. The molecule has 0 aliphatic carbocycles. The van der Waals surface area contributed by atoms with E-state index in [0.29, 0.717) is 0 Å². The standard InChI is InChI=1S/C12H19NOS/c1-8-5-11(14-3)10(6-9(2)13)7-12(8)15-4/h5,7,9H,6,13H2,1-4H3. The first-order chi connectivity index (χ1) is 7.08. The highest BCUT2D eigenvalue weighted by molar-refractivity contribution is 7.98. The van der Waals surface area contributed by atoms with Gasteiger partial charge in [-0.15, -0.1) is 11.8 Å². The number of thioether (sulfide) groups is 1. The molecule has 2 N–H and O–H groups in total. The number of hydrogen-bond acceptors (Lipinski definition) is 3. The predicted molar refractivity (Wildman–Crippen MR) is 66.9 cm³/mol. The van der Waals surface area contributed by atoms with Crippen LogP contribution in [0.2, 0.25) is 0 Å². The summed E-state index contributed by atoms with van der Waals surface area (Å²) in [5.41, 5.74) is 8.27. The Kier molecular flexibility index (Phi) is 4.48. The van der Waals surface area contributed by atoms with Crippen molar-refractivity contribution in [1.82, 2.24) is 0 Å². The maximum Gasteiger partial charge on any atom is 0.122 e. The van der Waals surface area contributed by atoms with E-state index in [0.717, 1.165) is 12.2 Å². The number of methoxy groups -OCH3 is 1. The lowest BCUT2D eigenvalue weighted by atomic mass is 10.0. The van der Waals surface area contributed by atoms with Crippen LogP contribution in [0.5, 0.6) is 5.75 Å². The fourth-order valence-electron chi connectivity index (χ4n) is 1.62. The van der Waals surface area contributed by atoms with E-state index in [4.69, 9.17) is 10.5 Å². The highest BCUT2D eigenvalue weighted by Crippen LogP contribution is 2.29. The van der Waals surface area contributed by atoms with Crippen LogP contribution in [0.25, 0.3) is 0 Å². The Hall–Kier alpha value is -0.670. The highest BCUT2D eigenvalue weighted by Gasteiger charge is 2.09. The van der Waals surface area contributed by atoms with E-state index in [1.54, 1.807) is 18.9 Å². The zero-order valence-electron chi connectivity index (χ0n) is 9.83. The maximum atomic E-state index is 5.82. The normalized spacial score (nSPS) is 12.6. The molecule has 0 spiro atoms. The molecule has 0 heterocycles. The molecule has 0 fully saturated rings. The van der Waals surface area contributed by atoms with E-state index in [1.807, 2.05) is 6.92 Å². The molecule has 1 unspecified atom stereocenters. The van der Waals surface area contributed by atoms with Gasteiger partial charge in [0.05, 0.1) is 7.11 Å². The minimum atomic E-state index is 0.163. The molecule has 0 aliphatic heterocycles. The van der Waals surface area contributed by atoms with Crippen LogP contribution in [0, 0.1) is 6.92 Å². The summed E-state index contributed by atoms with van der Waals surface area (Å²) in [5, 5.41) is 0. The summed E-state index contributed by atoms with van der Waals surface area (Å²) in [6.45, 7) is 4.11. The van der Waals surface area contributed by atoms with E-state index in [1.165, 1.54) is 16.0 Å². The van der Waals surface area contributed by atoms with Crippen LogP contribution in [-0.2, 0) is 6.42 Å². The van der Waals surface area contributed by atoms with Crippen LogP contribution in [0.1, 0.15) is 18.1 Å². The molecule has 1 atom stereocenters. The van der Waals surface area contributed by atoms with Gasteiger partial charge in [0.1, 0.15) is 5.75 Å². The van der Waals surface area contributed by atoms with Gasteiger partial charge in [0.15, 0.2) is 0 Å². The van der Waals surface area contributed by atoms with Gasteiger partial charge in [0.25, 0.3) is 0 Å². The van der Waals surface area contributed by atoms with Crippen molar-refractivity contribution in [2.75, 3.05) is 13.4 Å². The summed E-state index contributed by atoms with van der Waals surface area (Å²) in [6, 6.07) is 4.43. The molecule has 0 amide bonds. The average Bonchev–Trinajstić information content (AvgIpc) is 2.19. The minimum Gasteiger partial charge on any atom is -0.496 e. The Morgan fingerprint density at radius 2 is 2.13 bits per heavy atom. The van der Waals surface area contributed by atoms with Gasteiger partial charge in [-0.1, -0.05) is 0 Å². The maximum absolute atomic E-state index is 5.82. The van der Waals surface area contributed by atoms with E-state index < -0.39 is 0 Å². The first-order valence-electron chi connectivity index (χ1n) is 5.05. The smallest absolute Gasteiger partial charge is 0.122 e. The molecule has 1 aromatic rings. The monoisotopic (exact) mass is 225 g/mol. The second-order valence-electron chi connectivity index (χ2n) is 3.82. The van der Waals surface area contributed by atoms with Crippen molar-refractivity contribution in [3.8, 4) is 5.75 Å². The quantitative estimate of drug-likeness (QED) is 0.800. The van der Waals surface area contributed by atoms with E-state index in [9.17, 15) is 0 Å². The second kappa shape index (κ2) is 5.42. The molecule has 1 aromatic carbocycles. The zero-order chi connectivity index (χ0) is 11.4. The van der Waals surface area contributed by atoms with E-state index in [2.05, 4.69) is 25.3 Å². The van der Waals surface area contributed by atoms with Gasteiger partial charge in [0, 0.05) is 10.9 Å². The number of ether oxygens (including phenoxy) is 1. The lowest BCUT2D eigenvalue weighted by Crippen LogP contribution is -2.18. The van der Waals surface area contributed by atoms with Gasteiger partial charge in [0.2, 0.25) is 0 Å². The molecule has 1 rings (SSSR count). The van der Waals surface area contributed by atoms with Crippen molar-refractivity contribution in [2.45, 2.75) is 31.2 Å². The topological polar surface area (TPSA) is 35.2 Å². The van der Waals surface area contributed by atoms with Gasteiger partial charge >= 0.3 is 0 Å². The Morgan fingerprint density at radius 1 is 1.47 bits per heavy atom. The second-order valence-corrected chi connectivity index (χ2v) is 4.66. The molecular weight excluding hydrogens is 206 g/mol. The first-order valence-corrected chi connectivity index (χ1v) is 6.28. The number of nitrogens with two attached hydrogens (primary N) is 1. The summed E-state index contributed by atoms with van der Waals surface area (Å²) in [4.78, 5) is 1.30. The molecular formula is C12H19NOS. The van der Waals surface area contributed by atoms with Gasteiger partial charge in [-0.05, 0) is 49.8 Å². The lowest BCUT2D eigenvalue weighted by Gasteiger charge is -2.14. The van der Waals surface area contributed by atoms with Crippen molar-refractivity contribution < 1.29 is 4.74 Å².